The third kappa shape index (κ3) is 6.97. The quantitative estimate of drug-likeness (QED) is 0.470. The van der Waals surface area contributed by atoms with Gasteiger partial charge in [0.1, 0.15) is 15.7 Å². The van der Waals surface area contributed by atoms with E-state index >= 15 is 0 Å². The number of aryl methyl sites for hydroxylation is 2. The average molecular weight is 538 g/mol. The Hall–Kier alpha value is -2.14. The second-order valence-corrected chi connectivity index (χ2v) is 11.6. The van der Waals surface area contributed by atoms with Crippen molar-refractivity contribution in [3.63, 3.8) is 0 Å². The minimum atomic E-state index is -4.34. The summed E-state index contributed by atoms with van der Waals surface area (Å²) in [6, 6.07) is 3.79. The van der Waals surface area contributed by atoms with Crippen molar-refractivity contribution < 1.29 is 30.8 Å². The molecule has 1 aliphatic rings. The Balaban J connectivity index is 1.72. The van der Waals surface area contributed by atoms with E-state index in [1.807, 2.05) is 0 Å². The van der Waals surface area contributed by atoms with Gasteiger partial charge in [-0.3, -0.25) is 9.48 Å². The number of carbonyl (C=O) groups is 1. The summed E-state index contributed by atoms with van der Waals surface area (Å²) >= 11 is 6.43. The molecule has 6 nitrogen and oxygen atoms in total. The lowest BCUT2D eigenvalue weighted by atomic mass is 9.89. The first-order chi connectivity index (χ1) is 16.3. The maximum absolute atomic E-state index is 14.8. The summed E-state index contributed by atoms with van der Waals surface area (Å²) in [6.45, 7) is 2.36. The molecular weight excluding hydrogens is 510 g/mol. The minimum absolute atomic E-state index is 0.0401. The van der Waals surface area contributed by atoms with Crippen molar-refractivity contribution in [2.75, 3.05) is 12.8 Å². The van der Waals surface area contributed by atoms with Gasteiger partial charge in [0.05, 0.1) is 16.0 Å². The fourth-order valence-electron chi connectivity index (χ4n) is 4.35. The summed E-state index contributed by atoms with van der Waals surface area (Å²) in [5.74, 6) is -1.16. The molecule has 1 aromatic heterocycles. The van der Waals surface area contributed by atoms with Crippen LogP contribution in [0.5, 0.6) is 0 Å². The first kappa shape index (κ1) is 27.4. The number of nitrogens with zero attached hydrogens (tertiary/aromatic N) is 2. The topological polar surface area (TPSA) is 81.1 Å². The SMILES string of the molecule is CCn1nc(C(=O)NC[C@H]2CC[C@H](S(C)(=O)=O)CC2)c(Cl)c1-c1ccc(CCC(F)(F)F)cc1F. The summed E-state index contributed by atoms with van der Waals surface area (Å²) in [4.78, 5) is 12.8. The lowest BCUT2D eigenvalue weighted by molar-refractivity contribution is -0.134. The van der Waals surface area contributed by atoms with Gasteiger partial charge < -0.3 is 5.32 Å². The van der Waals surface area contributed by atoms with Gasteiger partial charge in [0.2, 0.25) is 0 Å². The molecule has 3 rings (SSSR count). The summed E-state index contributed by atoms with van der Waals surface area (Å²) < 4.78 is 77.1. The predicted molar refractivity (Wildman–Crippen MR) is 126 cm³/mol. The van der Waals surface area contributed by atoms with Crippen LogP contribution in [-0.4, -0.2) is 48.3 Å². The van der Waals surface area contributed by atoms with Crippen molar-refractivity contribution in [2.45, 2.75) is 63.4 Å². The van der Waals surface area contributed by atoms with E-state index in [4.69, 9.17) is 11.6 Å². The number of alkyl halides is 3. The Morgan fingerprint density at radius 2 is 1.89 bits per heavy atom. The molecule has 0 unspecified atom stereocenters. The number of aromatic nitrogens is 2. The monoisotopic (exact) mass is 537 g/mol. The van der Waals surface area contributed by atoms with Gasteiger partial charge in [-0.25, -0.2) is 12.8 Å². The number of halogens is 5. The second kappa shape index (κ2) is 10.9. The zero-order valence-electron chi connectivity index (χ0n) is 19.5. The average Bonchev–Trinajstić information content (AvgIpc) is 3.11. The molecule has 0 atom stereocenters. The Kier molecular flexibility index (Phi) is 8.52. The van der Waals surface area contributed by atoms with E-state index in [1.54, 1.807) is 6.92 Å². The van der Waals surface area contributed by atoms with Crippen molar-refractivity contribution in [1.82, 2.24) is 15.1 Å². The van der Waals surface area contributed by atoms with Crippen molar-refractivity contribution in [3.05, 3.63) is 40.3 Å². The van der Waals surface area contributed by atoms with E-state index in [2.05, 4.69) is 10.4 Å². The Labute approximate surface area is 207 Å². The number of sulfone groups is 1. The summed E-state index contributed by atoms with van der Waals surface area (Å²) in [6.07, 6.45) is -2.06. The molecule has 0 spiro atoms. The molecule has 35 heavy (non-hydrogen) atoms. The molecular formula is C23H28ClF4N3O3S. The molecule has 1 fully saturated rings. The number of nitrogens with one attached hydrogen (secondary N) is 1. The molecule has 12 heteroatoms. The van der Waals surface area contributed by atoms with Crippen molar-refractivity contribution >= 4 is 27.3 Å². The van der Waals surface area contributed by atoms with Gasteiger partial charge in [-0.1, -0.05) is 17.7 Å². The predicted octanol–water partition coefficient (Wildman–Crippen LogP) is 5.19. The van der Waals surface area contributed by atoms with E-state index in [-0.39, 0.29) is 51.7 Å². The smallest absolute Gasteiger partial charge is 0.350 e. The molecule has 0 bridgehead atoms. The summed E-state index contributed by atoms with van der Waals surface area (Å²) in [7, 11) is -3.07. The van der Waals surface area contributed by atoms with Crippen LogP contribution in [0.15, 0.2) is 18.2 Å². The van der Waals surface area contributed by atoms with Gasteiger partial charge >= 0.3 is 6.18 Å². The number of carbonyl (C=O) groups excluding carboxylic acids is 1. The minimum Gasteiger partial charge on any atom is -0.350 e. The number of rotatable bonds is 8. The molecule has 2 aromatic rings. The fourth-order valence-corrected chi connectivity index (χ4v) is 5.80. The Morgan fingerprint density at radius 1 is 1.23 bits per heavy atom. The largest absolute Gasteiger partial charge is 0.389 e. The van der Waals surface area contributed by atoms with Gasteiger partial charge in [-0.05, 0) is 62.6 Å². The third-order valence-electron chi connectivity index (χ3n) is 6.35. The van der Waals surface area contributed by atoms with Crippen LogP contribution in [0.2, 0.25) is 5.02 Å². The molecule has 1 aliphatic carbocycles. The zero-order valence-corrected chi connectivity index (χ0v) is 21.0. The Morgan fingerprint density at radius 3 is 2.43 bits per heavy atom. The highest BCUT2D eigenvalue weighted by atomic mass is 35.5. The lowest BCUT2D eigenvalue weighted by Gasteiger charge is -2.27. The standard InChI is InChI=1S/C23H28ClF4N3O3S/c1-3-31-21(17-9-6-14(12-18(17)25)10-11-23(26,27)28)19(24)20(30-31)22(32)29-13-15-4-7-16(8-5-15)35(2,33)34/h6,9,12,15-16H,3-5,7-8,10-11,13H2,1-2H3,(H,29,32)/t15-,16-. The highest BCUT2D eigenvalue weighted by Gasteiger charge is 2.30. The van der Waals surface area contributed by atoms with E-state index in [1.165, 1.54) is 23.1 Å². The Bertz CT molecular complexity index is 1170. The van der Waals surface area contributed by atoms with Crippen LogP contribution >= 0.6 is 11.6 Å². The summed E-state index contributed by atoms with van der Waals surface area (Å²) in [5, 5.41) is 6.61. The molecule has 1 amide bonds. The van der Waals surface area contributed by atoms with Crippen molar-refractivity contribution in [1.29, 1.82) is 0 Å². The highest BCUT2D eigenvalue weighted by Crippen LogP contribution is 2.34. The molecule has 194 valence electrons. The van der Waals surface area contributed by atoms with Crippen LogP contribution in [0, 0.1) is 11.7 Å². The van der Waals surface area contributed by atoms with Gasteiger partial charge in [0.15, 0.2) is 5.69 Å². The van der Waals surface area contributed by atoms with E-state index in [9.17, 15) is 30.8 Å². The van der Waals surface area contributed by atoms with Crippen LogP contribution in [-0.2, 0) is 22.8 Å². The first-order valence-corrected chi connectivity index (χ1v) is 13.7. The third-order valence-corrected chi connectivity index (χ3v) is 8.39. The normalized spacial score (nSPS) is 19.1. The molecule has 1 heterocycles. The first-order valence-electron chi connectivity index (χ1n) is 11.4. The molecule has 1 N–H and O–H groups in total. The lowest BCUT2D eigenvalue weighted by Crippen LogP contribution is -2.34. The second-order valence-electron chi connectivity index (χ2n) is 8.94. The van der Waals surface area contributed by atoms with Gasteiger partial charge in [0, 0.05) is 31.3 Å². The molecule has 1 saturated carbocycles. The number of benzene rings is 1. The fraction of sp³-hybridized carbons (Fsp3) is 0.565. The van der Waals surface area contributed by atoms with Crippen LogP contribution < -0.4 is 5.32 Å². The maximum Gasteiger partial charge on any atom is 0.389 e. The van der Waals surface area contributed by atoms with Gasteiger partial charge in [-0.15, -0.1) is 0 Å². The van der Waals surface area contributed by atoms with Gasteiger partial charge in [0.25, 0.3) is 5.91 Å². The van der Waals surface area contributed by atoms with E-state index in [0.29, 0.717) is 32.2 Å². The maximum atomic E-state index is 14.8. The van der Waals surface area contributed by atoms with Crippen molar-refractivity contribution in [3.8, 4) is 11.3 Å². The molecule has 0 radical (unpaired) electrons. The zero-order chi connectivity index (χ0) is 26.0. The van der Waals surface area contributed by atoms with Crippen LogP contribution in [0.1, 0.15) is 55.1 Å². The van der Waals surface area contributed by atoms with E-state index in [0.717, 1.165) is 6.07 Å². The molecule has 1 aromatic carbocycles. The number of hydrogen-bond acceptors (Lipinski definition) is 4. The highest BCUT2D eigenvalue weighted by molar-refractivity contribution is 7.91. The van der Waals surface area contributed by atoms with E-state index < -0.39 is 34.2 Å². The molecule has 0 saturated heterocycles. The van der Waals surface area contributed by atoms with Crippen LogP contribution in [0.3, 0.4) is 0 Å². The molecule has 0 aliphatic heterocycles. The number of hydrogen-bond donors (Lipinski definition) is 1. The van der Waals surface area contributed by atoms with Crippen molar-refractivity contribution in [2.24, 2.45) is 5.92 Å². The summed E-state index contributed by atoms with van der Waals surface area (Å²) in [5.41, 5.74) is 0.339. The van der Waals surface area contributed by atoms with Crippen LogP contribution in [0.25, 0.3) is 11.3 Å². The van der Waals surface area contributed by atoms with Gasteiger partial charge in [-0.2, -0.15) is 18.3 Å². The number of amides is 1. The van der Waals surface area contributed by atoms with Crippen LogP contribution in [0.4, 0.5) is 17.6 Å².